The van der Waals surface area contributed by atoms with Gasteiger partial charge in [-0.3, -0.25) is 4.79 Å². The molecule has 1 heterocycles. The Balaban J connectivity index is 2.44. The monoisotopic (exact) mass is 287 g/mol. The van der Waals surface area contributed by atoms with Gasteiger partial charge in [0, 0.05) is 30.6 Å². The fourth-order valence-electron chi connectivity index (χ4n) is 2.67. The highest BCUT2D eigenvalue weighted by molar-refractivity contribution is 7.99. The maximum Gasteiger partial charge on any atom is 0.238 e. The van der Waals surface area contributed by atoms with Crippen molar-refractivity contribution in [2.75, 3.05) is 38.7 Å². The third-order valence-corrected chi connectivity index (χ3v) is 5.04. The van der Waals surface area contributed by atoms with Gasteiger partial charge < -0.3 is 15.5 Å². The second kappa shape index (κ2) is 8.82. The summed E-state index contributed by atoms with van der Waals surface area (Å²) in [7, 11) is 4.20. The molecule has 19 heavy (non-hydrogen) atoms. The molecule has 0 radical (unpaired) electrons. The fraction of sp³-hybridized carbons (Fsp3) is 0.929. The SMILES string of the molecule is CCC(CC)C(CNC(=O)C1CSCCN1)N(C)C. The van der Waals surface area contributed by atoms with E-state index in [1.165, 1.54) is 0 Å². The first kappa shape index (κ1) is 16.8. The van der Waals surface area contributed by atoms with Crippen molar-refractivity contribution in [2.45, 2.75) is 38.8 Å². The minimum Gasteiger partial charge on any atom is -0.353 e. The summed E-state index contributed by atoms with van der Waals surface area (Å²) in [6.45, 7) is 6.14. The van der Waals surface area contributed by atoms with Gasteiger partial charge in [-0.15, -0.1) is 0 Å². The van der Waals surface area contributed by atoms with Crippen molar-refractivity contribution < 1.29 is 4.79 Å². The molecule has 0 bridgehead atoms. The molecule has 0 aromatic carbocycles. The van der Waals surface area contributed by atoms with Crippen LogP contribution in [0, 0.1) is 5.92 Å². The van der Waals surface area contributed by atoms with Crippen LogP contribution in [0.25, 0.3) is 0 Å². The van der Waals surface area contributed by atoms with Gasteiger partial charge in [0.2, 0.25) is 5.91 Å². The highest BCUT2D eigenvalue weighted by Crippen LogP contribution is 2.16. The Hall–Kier alpha value is -0.260. The average molecular weight is 287 g/mol. The lowest BCUT2D eigenvalue weighted by Gasteiger charge is -2.32. The molecule has 2 atom stereocenters. The molecule has 1 amide bonds. The van der Waals surface area contributed by atoms with Crippen molar-refractivity contribution in [3.8, 4) is 0 Å². The van der Waals surface area contributed by atoms with Gasteiger partial charge in [0.1, 0.15) is 0 Å². The van der Waals surface area contributed by atoms with Crippen LogP contribution in [-0.2, 0) is 4.79 Å². The maximum atomic E-state index is 12.1. The Morgan fingerprint density at radius 2 is 2.11 bits per heavy atom. The van der Waals surface area contributed by atoms with Gasteiger partial charge in [0.05, 0.1) is 6.04 Å². The number of carbonyl (C=O) groups excluding carboxylic acids is 1. The van der Waals surface area contributed by atoms with Crippen LogP contribution in [0.3, 0.4) is 0 Å². The normalized spacial score (nSPS) is 21.7. The van der Waals surface area contributed by atoms with Crippen LogP contribution in [0.5, 0.6) is 0 Å². The Morgan fingerprint density at radius 3 is 2.58 bits per heavy atom. The van der Waals surface area contributed by atoms with E-state index in [0.29, 0.717) is 12.0 Å². The molecule has 0 aromatic rings. The standard InChI is InChI=1S/C14H29N3OS/c1-5-11(6-2)13(17(3)4)9-16-14(18)12-10-19-8-7-15-12/h11-13,15H,5-10H2,1-4H3,(H,16,18). The predicted octanol–water partition coefficient (Wildman–Crippen LogP) is 1.17. The maximum absolute atomic E-state index is 12.1. The Labute approximate surface area is 122 Å². The van der Waals surface area contributed by atoms with Crippen LogP contribution < -0.4 is 10.6 Å². The number of likely N-dealkylation sites (N-methyl/N-ethyl adjacent to an activating group) is 1. The second-order valence-corrected chi connectivity index (χ2v) is 6.58. The number of thioether (sulfide) groups is 1. The summed E-state index contributed by atoms with van der Waals surface area (Å²) < 4.78 is 0. The minimum absolute atomic E-state index is 0.0109. The lowest BCUT2D eigenvalue weighted by molar-refractivity contribution is -0.123. The van der Waals surface area contributed by atoms with Crippen molar-refractivity contribution in [1.29, 1.82) is 0 Å². The number of amides is 1. The molecule has 0 spiro atoms. The van der Waals surface area contributed by atoms with E-state index >= 15 is 0 Å². The minimum atomic E-state index is -0.0109. The van der Waals surface area contributed by atoms with Gasteiger partial charge in [0.15, 0.2) is 0 Å². The molecule has 1 rings (SSSR count). The Kier molecular flexibility index (Phi) is 7.80. The summed E-state index contributed by atoms with van der Waals surface area (Å²) in [4.78, 5) is 14.4. The van der Waals surface area contributed by atoms with E-state index in [-0.39, 0.29) is 11.9 Å². The quantitative estimate of drug-likeness (QED) is 0.738. The zero-order valence-electron chi connectivity index (χ0n) is 12.7. The third-order valence-electron chi connectivity index (χ3n) is 3.98. The summed E-state index contributed by atoms with van der Waals surface area (Å²) in [5.74, 6) is 2.80. The van der Waals surface area contributed by atoms with Gasteiger partial charge >= 0.3 is 0 Å². The van der Waals surface area contributed by atoms with Crippen molar-refractivity contribution in [3.05, 3.63) is 0 Å². The number of nitrogens with one attached hydrogen (secondary N) is 2. The first-order valence-electron chi connectivity index (χ1n) is 7.35. The molecule has 112 valence electrons. The van der Waals surface area contributed by atoms with Crippen LogP contribution >= 0.6 is 11.8 Å². The lowest BCUT2D eigenvalue weighted by Crippen LogP contribution is -2.52. The molecular formula is C14H29N3OS. The summed E-state index contributed by atoms with van der Waals surface area (Å²) >= 11 is 1.85. The van der Waals surface area contributed by atoms with Gasteiger partial charge in [0.25, 0.3) is 0 Å². The molecular weight excluding hydrogens is 258 g/mol. The summed E-state index contributed by atoms with van der Waals surface area (Å²) in [6, 6.07) is 0.415. The molecule has 0 aromatic heterocycles. The molecule has 1 fully saturated rings. The first-order chi connectivity index (χ1) is 9.10. The number of hydrogen-bond acceptors (Lipinski definition) is 4. The van der Waals surface area contributed by atoms with E-state index in [0.717, 1.165) is 37.4 Å². The van der Waals surface area contributed by atoms with E-state index in [9.17, 15) is 4.79 Å². The smallest absolute Gasteiger partial charge is 0.238 e. The highest BCUT2D eigenvalue weighted by atomic mass is 32.2. The molecule has 4 nitrogen and oxygen atoms in total. The Bertz CT molecular complexity index is 263. The third kappa shape index (κ3) is 5.32. The first-order valence-corrected chi connectivity index (χ1v) is 8.50. The summed E-state index contributed by atoms with van der Waals surface area (Å²) in [5, 5.41) is 6.41. The number of hydrogen-bond donors (Lipinski definition) is 2. The number of rotatable bonds is 7. The van der Waals surface area contributed by atoms with E-state index in [1.807, 2.05) is 11.8 Å². The lowest BCUT2D eigenvalue weighted by atomic mass is 9.93. The van der Waals surface area contributed by atoms with E-state index < -0.39 is 0 Å². The van der Waals surface area contributed by atoms with Gasteiger partial charge in [-0.25, -0.2) is 0 Å². The van der Waals surface area contributed by atoms with Gasteiger partial charge in [-0.1, -0.05) is 26.7 Å². The number of nitrogens with zero attached hydrogens (tertiary/aromatic N) is 1. The second-order valence-electron chi connectivity index (χ2n) is 5.43. The zero-order valence-corrected chi connectivity index (χ0v) is 13.6. The molecule has 0 aliphatic carbocycles. The molecule has 2 unspecified atom stereocenters. The Morgan fingerprint density at radius 1 is 1.42 bits per heavy atom. The van der Waals surface area contributed by atoms with Crippen LogP contribution in [0.15, 0.2) is 0 Å². The molecule has 5 heteroatoms. The van der Waals surface area contributed by atoms with Crippen LogP contribution in [-0.4, -0.2) is 61.6 Å². The zero-order chi connectivity index (χ0) is 14.3. The van der Waals surface area contributed by atoms with Gasteiger partial charge in [-0.2, -0.15) is 11.8 Å². The van der Waals surface area contributed by atoms with E-state index in [1.54, 1.807) is 0 Å². The fourth-order valence-corrected chi connectivity index (χ4v) is 3.60. The van der Waals surface area contributed by atoms with Crippen LogP contribution in [0.2, 0.25) is 0 Å². The largest absolute Gasteiger partial charge is 0.353 e. The molecule has 1 saturated heterocycles. The molecule has 2 N–H and O–H groups in total. The van der Waals surface area contributed by atoms with Gasteiger partial charge in [-0.05, 0) is 20.0 Å². The molecule has 0 saturated carbocycles. The number of carbonyl (C=O) groups is 1. The molecule has 1 aliphatic rings. The average Bonchev–Trinajstić information content (AvgIpc) is 2.43. The van der Waals surface area contributed by atoms with Crippen molar-refractivity contribution in [2.24, 2.45) is 5.92 Å². The summed E-state index contributed by atoms with van der Waals surface area (Å²) in [5.41, 5.74) is 0. The van der Waals surface area contributed by atoms with Crippen LogP contribution in [0.1, 0.15) is 26.7 Å². The van der Waals surface area contributed by atoms with Crippen molar-refractivity contribution >= 4 is 17.7 Å². The summed E-state index contributed by atoms with van der Waals surface area (Å²) in [6.07, 6.45) is 2.32. The molecule has 1 aliphatic heterocycles. The van der Waals surface area contributed by atoms with Crippen LogP contribution in [0.4, 0.5) is 0 Å². The van der Waals surface area contributed by atoms with Crippen molar-refractivity contribution in [3.63, 3.8) is 0 Å². The van der Waals surface area contributed by atoms with E-state index in [2.05, 4.69) is 43.5 Å². The predicted molar refractivity (Wildman–Crippen MR) is 83.7 cm³/mol. The highest BCUT2D eigenvalue weighted by Gasteiger charge is 2.24. The van der Waals surface area contributed by atoms with Crippen molar-refractivity contribution in [1.82, 2.24) is 15.5 Å². The van der Waals surface area contributed by atoms with E-state index in [4.69, 9.17) is 0 Å². The topological polar surface area (TPSA) is 44.4 Å².